The van der Waals surface area contributed by atoms with E-state index in [4.69, 9.17) is 5.11 Å². The van der Waals surface area contributed by atoms with Crippen molar-refractivity contribution in [1.82, 2.24) is 4.90 Å². The van der Waals surface area contributed by atoms with Crippen LogP contribution in [0.25, 0.3) is 0 Å². The number of nitrogens with zero attached hydrogens (tertiary/aromatic N) is 1. The van der Waals surface area contributed by atoms with Crippen molar-refractivity contribution in [3.05, 3.63) is 0 Å². The highest BCUT2D eigenvalue weighted by molar-refractivity contribution is 4.80. The standard InChI is InChI=1S/C9H19NO2/c1-8(12)7-10(5-6-11)9-3-2-4-9/h8-9,11-12H,2-7H2,1H3. The van der Waals surface area contributed by atoms with Crippen LogP contribution in [0.15, 0.2) is 0 Å². The van der Waals surface area contributed by atoms with Crippen molar-refractivity contribution in [3.8, 4) is 0 Å². The maximum Gasteiger partial charge on any atom is 0.0639 e. The van der Waals surface area contributed by atoms with Crippen LogP contribution in [0.3, 0.4) is 0 Å². The van der Waals surface area contributed by atoms with Crippen molar-refractivity contribution in [2.24, 2.45) is 0 Å². The van der Waals surface area contributed by atoms with Crippen LogP contribution in [0, 0.1) is 0 Å². The number of hydrogen-bond donors (Lipinski definition) is 2. The molecule has 0 aromatic heterocycles. The molecule has 1 saturated carbocycles. The van der Waals surface area contributed by atoms with E-state index >= 15 is 0 Å². The molecule has 1 fully saturated rings. The average Bonchev–Trinajstić information content (AvgIpc) is 1.81. The third-order valence-electron chi connectivity index (χ3n) is 2.48. The van der Waals surface area contributed by atoms with E-state index in [1.807, 2.05) is 0 Å². The lowest BCUT2D eigenvalue weighted by molar-refractivity contribution is 0.0534. The van der Waals surface area contributed by atoms with Gasteiger partial charge in [0.1, 0.15) is 0 Å². The zero-order chi connectivity index (χ0) is 8.97. The molecule has 0 bridgehead atoms. The van der Waals surface area contributed by atoms with Crippen molar-refractivity contribution in [2.75, 3.05) is 19.7 Å². The molecule has 0 saturated heterocycles. The Morgan fingerprint density at radius 1 is 1.50 bits per heavy atom. The molecule has 1 aliphatic carbocycles. The van der Waals surface area contributed by atoms with Crippen molar-refractivity contribution >= 4 is 0 Å². The Morgan fingerprint density at radius 3 is 2.50 bits per heavy atom. The van der Waals surface area contributed by atoms with E-state index in [0.29, 0.717) is 19.1 Å². The van der Waals surface area contributed by atoms with E-state index in [-0.39, 0.29) is 12.7 Å². The zero-order valence-corrected chi connectivity index (χ0v) is 7.74. The molecule has 0 aromatic rings. The topological polar surface area (TPSA) is 43.7 Å². The molecule has 0 aromatic carbocycles. The summed E-state index contributed by atoms with van der Waals surface area (Å²) >= 11 is 0. The molecule has 1 aliphatic rings. The maximum absolute atomic E-state index is 9.19. The van der Waals surface area contributed by atoms with Crippen LogP contribution in [0.4, 0.5) is 0 Å². The number of aliphatic hydroxyl groups excluding tert-OH is 2. The van der Waals surface area contributed by atoms with Crippen LogP contribution in [-0.2, 0) is 0 Å². The van der Waals surface area contributed by atoms with Gasteiger partial charge in [-0.2, -0.15) is 0 Å². The van der Waals surface area contributed by atoms with Gasteiger partial charge in [0.25, 0.3) is 0 Å². The van der Waals surface area contributed by atoms with Crippen LogP contribution in [0.5, 0.6) is 0 Å². The summed E-state index contributed by atoms with van der Waals surface area (Å²) in [7, 11) is 0. The van der Waals surface area contributed by atoms with Gasteiger partial charge < -0.3 is 10.2 Å². The van der Waals surface area contributed by atoms with Gasteiger partial charge in [0.15, 0.2) is 0 Å². The van der Waals surface area contributed by atoms with Crippen LogP contribution < -0.4 is 0 Å². The van der Waals surface area contributed by atoms with Gasteiger partial charge in [-0.3, -0.25) is 4.90 Å². The quantitative estimate of drug-likeness (QED) is 0.625. The van der Waals surface area contributed by atoms with Gasteiger partial charge in [0.2, 0.25) is 0 Å². The predicted octanol–water partition coefficient (Wildman–Crippen LogP) is 0.214. The minimum Gasteiger partial charge on any atom is -0.395 e. The summed E-state index contributed by atoms with van der Waals surface area (Å²) in [5.41, 5.74) is 0. The Balaban J connectivity index is 2.26. The Bertz CT molecular complexity index is 124. The predicted molar refractivity (Wildman–Crippen MR) is 48.0 cm³/mol. The van der Waals surface area contributed by atoms with E-state index in [1.165, 1.54) is 19.3 Å². The summed E-state index contributed by atoms with van der Waals surface area (Å²) in [5.74, 6) is 0. The molecule has 1 atom stereocenters. The van der Waals surface area contributed by atoms with Gasteiger partial charge in [-0.1, -0.05) is 6.42 Å². The SMILES string of the molecule is CC(O)CN(CCO)C1CCC1. The summed E-state index contributed by atoms with van der Waals surface area (Å²) in [5, 5.41) is 18.0. The van der Waals surface area contributed by atoms with Crippen molar-refractivity contribution in [1.29, 1.82) is 0 Å². The molecular formula is C9H19NO2. The molecule has 2 N–H and O–H groups in total. The van der Waals surface area contributed by atoms with Crippen LogP contribution in [0.2, 0.25) is 0 Å². The fraction of sp³-hybridized carbons (Fsp3) is 1.00. The fourth-order valence-electron chi connectivity index (χ4n) is 1.64. The third kappa shape index (κ3) is 2.73. The summed E-state index contributed by atoms with van der Waals surface area (Å²) in [6.07, 6.45) is 3.48. The third-order valence-corrected chi connectivity index (χ3v) is 2.48. The van der Waals surface area contributed by atoms with Gasteiger partial charge >= 0.3 is 0 Å². The lowest BCUT2D eigenvalue weighted by Gasteiger charge is -2.37. The molecular weight excluding hydrogens is 154 g/mol. The highest BCUT2D eigenvalue weighted by Crippen LogP contribution is 2.24. The number of aliphatic hydroxyl groups is 2. The van der Waals surface area contributed by atoms with Crippen molar-refractivity contribution in [3.63, 3.8) is 0 Å². The second-order valence-corrected chi connectivity index (χ2v) is 3.65. The molecule has 72 valence electrons. The first-order chi connectivity index (χ1) is 5.74. The molecule has 1 unspecified atom stereocenters. The molecule has 3 nitrogen and oxygen atoms in total. The molecule has 0 amide bonds. The summed E-state index contributed by atoms with van der Waals surface area (Å²) in [4.78, 5) is 2.19. The fourth-order valence-corrected chi connectivity index (χ4v) is 1.64. The van der Waals surface area contributed by atoms with E-state index in [0.717, 1.165) is 0 Å². The van der Waals surface area contributed by atoms with Gasteiger partial charge in [-0.25, -0.2) is 0 Å². The summed E-state index contributed by atoms with van der Waals surface area (Å²) < 4.78 is 0. The Morgan fingerprint density at radius 2 is 2.17 bits per heavy atom. The largest absolute Gasteiger partial charge is 0.395 e. The minimum atomic E-state index is -0.280. The zero-order valence-electron chi connectivity index (χ0n) is 7.74. The Kier molecular flexibility index (Phi) is 3.98. The second kappa shape index (κ2) is 4.80. The lowest BCUT2D eigenvalue weighted by atomic mass is 9.91. The molecule has 0 aliphatic heterocycles. The minimum absolute atomic E-state index is 0.198. The van der Waals surface area contributed by atoms with E-state index in [2.05, 4.69) is 4.90 Å². The molecule has 12 heavy (non-hydrogen) atoms. The molecule has 1 rings (SSSR count). The molecule has 0 spiro atoms. The van der Waals surface area contributed by atoms with Gasteiger partial charge in [-0.15, -0.1) is 0 Å². The highest BCUT2D eigenvalue weighted by Gasteiger charge is 2.24. The highest BCUT2D eigenvalue weighted by atomic mass is 16.3. The first kappa shape index (κ1) is 9.96. The van der Waals surface area contributed by atoms with Gasteiger partial charge in [-0.05, 0) is 19.8 Å². The van der Waals surface area contributed by atoms with Crippen LogP contribution in [-0.4, -0.2) is 47.0 Å². The van der Waals surface area contributed by atoms with Crippen molar-refractivity contribution < 1.29 is 10.2 Å². The second-order valence-electron chi connectivity index (χ2n) is 3.65. The van der Waals surface area contributed by atoms with Crippen LogP contribution >= 0.6 is 0 Å². The van der Waals surface area contributed by atoms with Crippen LogP contribution in [0.1, 0.15) is 26.2 Å². The molecule has 3 heteroatoms. The maximum atomic E-state index is 9.19. The van der Waals surface area contributed by atoms with Crippen molar-refractivity contribution in [2.45, 2.75) is 38.3 Å². The monoisotopic (exact) mass is 173 g/mol. The van der Waals surface area contributed by atoms with E-state index in [1.54, 1.807) is 6.92 Å². The smallest absolute Gasteiger partial charge is 0.0639 e. The van der Waals surface area contributed by atoms with Gasteiger partial charge in [0, 0.05) is 19.1 Å². The first-order valence-corrected chi connectivity index (χ1v) is 4.77. The number of hydrogen-bond acceptors (Lipinski definition) is 3. The normalized spacial score (nSPS) is 21.0. The molecule has 0 radical (unpaired) electrons. The Hall–Kier alpha value is -0.120. The first-order valence-electron chi connectivity index (χ1n) is 4.77. The average molecular weight is 173 g/mol. The summed E-state index contributed by atoms with van der Waals surface area (Å²) in [6, 6.07) is 0.617. The lowest BCUT2D eigenvalue weighted by Crippen LogP contribution is -2.44. The van der Waals surface area contributed by atoms with Gasteiger partial charge in [0.05, 0.1) is 12.7 Å². The van der Waals surface area contributed by atoms with E-state index in [9.17, 15) is 5.11 Å². The number of rotatable bonds is 5. The molecule has 0 heterocycles. The van der Waals surface area contributed by atoms with E-state index < -0.39 is 0 Å². The summed E-state index contributed by atoms with van der Waals surface area (Å²) in [6.45, 7) is 3.40. The Labute approximate surface area is 74.0 Å².